The molecule has 0 aliphatic carbocycles. The first-order valence-corrected chi connectivity index (χ1v) is 9.08. The fraction of sp³-hybridized carbons (Fsp3) is 0.500. The molecule has 1 saturated heterocycles. The molecule has 0 saturated carbocycles. The van der Waals surface area contributed by atoms with E-state index in [1.165, 1.54) is 0 Å². The van der Waals surface area contributed by atoms with Crippen molar-refractivity contribution in [2.75, 3.05) is 20.1 Å². The number of para-hydroxylation sites is 1. The highest BCUT2D eigenvalue weighted by atomic mass is 35.5. The third kappa shape index (κ3) is 3.55. The van der Waals surface area contributed by atoms with E-state index in [1.807, 2.05) is 50.1 Å². The van der Waals surface area contributed by atoms with Crippen LogP contribution in [-0.2, 0) is 0 Å². The molecular weight excluding hydrogens is 338 g/mol. The second kappa shape index (κ2) is 7.54. The molecule has 1 fully saturated rings. The van der Waals surface area contributed by atoms with E-state index in [1.54, 1.807) is 4.68 Å². The molecule has 134 valence electrons. The van der Waals surface area contributed by atoms with Crippen LogP contribution in [0.25, 0.3) is 5.69 Å². The Kier molecular flexibility index (Phi) is 5.39. The number of likely N-dealkylation sites (tertiary alicyclic amines) is 1. The van der Waals surface area contributed by atoms with Gasteiger partial charge in [-0.3, -0.25) is 4.79 Å². The predicted molar refractivity (Wildman–Crippen MR) is 98.4 cm³/mol. The summed E-state index contributed by atoms with van der Waals surface area (Å²) < 4.78 is 1.70. The van der Waals surface area contributed by atoms with Crippen LogP contribution in [0.1, 0.15) is 49.1 Å². The van der Waals surface area contributed by atoms with Crippen LogP contribution in [0.15, 0.2) is 24.3 Å². The zero-order valence-corrected chi connectivity index (χ0v) is 15.6. The number of carbonyl (C=O) groups excluding carboxylic acids is 1. The molecule has 25 heavy (non-hydrogen) atoms. The SMILES string of the molecule is CNCC1CCCN1C(=O)c1nc(C(C)C)n(-c2ccccc2Cl)n1. The Bertz CT molecular complexity index is 758. The van der Waals surface area contributed by atoms with Crippen LogP contribution in [0.2, 0.25) is 5.02 Å². The molecule has 0 bridgehead atoms. The van der Waals surface area contributed by atoms with Crippen molar-refractivity contribution in [2.24, 2.45) is 0 Å². The number of benzene rings is 1. The van der Waals surface area contributed by atoms with Crippen LogP contribution in [0.5, 0.6) is 0 Å². The van der Waals surface area contributed by atoms with Crippen molar-refractivity contribution in [1.82, 2.24) is 25.0 Å². The van der Waals surface area contributed by atoms with E-state index < -0.39 is 0 Å². The first-order chi connectivity index (χ1) is 12.0. The fourth-order valence-electron chi connectivity index (χ4n) is 3.27. The van der Waals surface area contributed by atoms with Gasteiger partial charge < -0.3 is 10.2 Å². The lowest BCUT2D eigenvalue weighted by molar-refractivity contribution is 0.0724. The maximum Gasteiger partial charge on any atom is 0.293 e. The highest BCUT2D eigenvalue weighted by molar-refractivity contribution is 6.32. The van der Waals surface area contributed by atoms with Gasteiger partial charge in [-0.15, -0.1) is 5.10 Å². The van der Waals surface area contributed by atoms with Crippen LogP contribution >= 0.6 is 11.6 Å². The number of amides is 1. The summed E-state index contributed by atoms with van der Waals surface area (Å²) in [5.74, 6) is 0.995. The topological polar surface area (TPSA) is 63.1 Å². The molecule has 2 heterocycles. The molecule has 2 aromatic rings. The molecule has 0 radical (unpaired) electrons. The molecule has 0 spiro atoms. The molecule has 1 amide bonds. The van der Waals surface area contributed by atoms with Gasteiger partial charge in [-0.1, -0.05) is 37.6 Å². The normalized spacial score (nSPS) is 17.5. The zero-order chi connectivity index (χ0) is 18.0. The van der Waals surface area contributed by atoms with Gasteiger partial charge in [-0.05, 0) is 32.0 Å². The Morgan fingerprint density at radius 1 is 1.40 bits per heavy atom. The first-order valence-electron chi connectivity index (χ1n) is 8.70. The first kappa shape index (κ1) is 17.9. The van der Waals surface area contributed by atoms with Crippen LogP contribution < -0.4 is 5.32 Å². The smallest absolute Gasteiger partial charge is 0.293 e. The largest absolute Gasteiger partial charge is 0.332 e. The van der Waals surface area contributed by atoms with Gasteiger partial charge in [0.1, 0.15) is 5.82 Å². The van der Waals surface area contributed by atoms with Gasteiger partial charge in [0.25, 0.3) is 5.91 Å². The second-order valence-electron chi connectivity index (χ2n) is 6.66. The molecule has 6 nitrogen and oxygen atoms in total. The zero-order valence-electron chi connectivity index (χ0n) is 14.9. The van der Waals surface area contributed by atoms with E-state index >= 15 is 0 Å². The summed E-state index contributed by atoms with van der Waals surface area (Å²) in [6.45, 7) is 5.60. The van der Waals surface area contributed by atoms with Gasteiger partial charge in [0.05, 0.1) is 10.7 Å². The lowest BCUT2D eigenvalue weighted by Gasteiger charge is -2.23. The fourth-order valence-corrected chi connectivity index (χ4v) is 3.48. The standard InChI is InChI=1S/C18H24ClN5O/c1-12(2)17-21-16(18(25)23-10-6-7-13(23)11-20-3)22-24(17)15-9-5-4-8-14(15)19/h4-5,8-9,12-13,20H,6-7,10-11H2,1-3H3. The summed E-state index contributed by atoms with van der Waals surface area (Å²) in [5, 5.41) is 8.25. The van der Waals surface area contributed by atoms with Gasteiger partial charge in [-0.25, -0.2) is 9.67 Å². The number of aromatic nitrogens is 3. The molecule has 1 atom stereocenters. The van der Waals surface area contributed by atoms with E-state index in [9.17, 15) is 4.79 Å². The molecule has 1 aliphatic heterocycles. The minimum atomic E-state index is -0.106. The van der Waals surface area contributed by atoms with E-state index in [2.05, 4.69) is 15.4 Å². The van der Waals surface area contributed by atoms with Gasteiger partial charge >= 0.3 is 0 Å². The van der Waals surface area contributed by atoms with Crippen LogP contribution in [0.4, 0.5) is 0 Å². The minimum absolute atomic E-state index is 0.106. The summed E-state index contributed by atoms with van der Waals surface area (Å²) in [4.78, 5) is 19.4. The van der Waals surface area contributed by atoms with E-state index in [0.717, 1.165) is 37.4 Å². The Morgan fingerprint density at radius 3 is 2.84 bits per heavy atom. The maximum absolute atomic E-state index is 13.0. The molecule has 1 N–H and O–H groups in total. The highest BCUT2D eigenvalue weighted by Gasteiger charge is 2.32. The van der Waals surface area contributed by atoms with Gasteiger partial charge in [-0.2, -0.15) is 0 Å². The molecule has 1 aliphatic rings. The van der Waals surface area contributed by atoms with Crippen molar-refractivity contribution < 1.29 is 4.79 Å². The van der Waals surface area contributed by atoms with Crippen LogP contribution in [0.3, 0.4) is 0 Å². The number of carbonyl (C=O) groups is 1. The van der Waals surface area contributed by atoms with Crippen molar-refractivity contribution in [3.63, 3.8) is 0 Å². The third-order valence-electron chi connectivity index (χ3n) is 4.50. The van der Waals surface area contributed by atoms with Crippen molar-refractivity contribution >= 4 is 17.5 Å². The average molecular weight is 362 g/mol. The van der Waals surface area contributed by atoms with Crippen molar-refractivity contribution in [3.05, 3.63) is 40.9 Å². The average Bonchev–Trinajstić information content (AvgIpc) is 3.22. The summed E-state index contributed by atoms with van der Waals surface area (Å²) in [6.07, 6.45) is 2.02. The van der Waals surface area contributed by atoms with Crippen molar-refractivity contribution in [2.45, 2.75) is 38.6 Å². The summed E-state index contributed by atoms with van der Waals surface area (Å²) >= 11 is 6.32. The summed E-state index contributed by atoms with van der Waals surface area (Å²) in [7, 11) is 1.90. The van der Waals surface area contributed by atoms with E-state index in [-0.39, 0.29) is 23.7 Å². The number of nitrogens with one attached hydrogen (secondary N) is 1. The number of halogens is 1. The number of likely N-dealkylation sites (N-methyl/N-ethyl adjacent to an activating group) is 1. The molecule has 1 aromatic carbocycles. The monoisotopic (exact) mass is 361 g/mol. The lowest BCUT2D eigenvalue weighted by atomic mass is 10.2. The number of nitrogens with zero attached hydrogens (tertiary/aromatic N) is 4. The number of hydrogen-bond acceptors (Lipinski definition) is 4. The number of rotatable bonds is 5. The number of hydrogen-bond donors (Lipinski definition) is 1. The third-order valence-corrected chi connectivity index (χ3v) is 4.82. The minimum Gasteiger partial charge on any atom is -0.332 e. The Labute approximate surface area is 153 Å². The Hall–Kier alpha value is -1.92. The van der Waals surface area contributed by atoms with Gasteiger partial charge in [0, 0.05) is 25.0 Å². The quantitative estimate of drug-likeness (QED) is 0.889. The molecule has 3 rings (SSSR count). The highest BCUT2D eigenvalue weighted by Crippen LogP contribution is 2.25. The van der Waals surface area contributed by atoms with Crippen molar-refractivity contribution in [1.29, 1.82) is 0 Å². The maximum atomic E-state index is 13.0. The van der Waals surface area contributed by atoms with Crippen LogP contribution in [-0.4, -0.2) is 51.8 Å². The summed E-state index contributed by atoms with van der Waals surface area (Å²) in [5.41, 5.74) is 0.743. The summed E-state index contributed by atoms with van der Waals surface area (Å²) in [6, 6.07) is 7.67. The van der Waals surface area contributed by atoms with Crippen LogP contribution in [0, 0.1) is 0 Å². The van der Waals surface area contributed by atoms with E-state index in [4.69, 9.17) is 11.6 Å². The van der Waals surface area contributed by atoms with Gasteiger partial charge in [0.2, 0.25) is 5.82 Å². The Morgan fingerprint density at radius 2 is 2.16 bits per heavy atom. The van der Waals surface area contributed by atoms with Crippen molar-refractivity contribution in [3.8, 4) is 5.69 Å². The predicted octanol–water partition coefficient (Wildman–Crippen LogP) is 2.87. The molecule has 1 unspecified atom stereocenters. The molecule has 7 heteroatoms. The molecular formula is C18H24ClN5O. The Balaban J connectivity index is 1.97. The van der Waals surface area contributed by atoms with E-state index in [0.29, 0.717) is 5.02 Å². The van der Waals surface area contributed by atoms with Gasteiger partial charge in [0.15, 0.2) is 0 Å². The molecule has 1 aromatic heterocycles. The second-order valence-corrected chi connectivity index (χ2v) is 7.07. The lowest BCUT2D eigenvalue weighted by Crippen LogP contribution is -2.41.